The van der Waals surface area contributed by atoms with Gasteiger partial charge in [0.15, 0.2) is 0 Å². The van der Waals surface area contributed by atoms with E-state index in [1.807, 2.05) is 30.3 Å². The lowest BCUT2D eigenvalue weighted by molar-refractivity contribution is -0.137. The fraction of sp³-hybridized carbons (Fsp3) is 0.250. The monoisotopic (exact) mass is 364 g/mol. The molecule has 2 N–H and O–H groups in total. The van der Waals surface area contributed by atoms with E-state index in [2.05, 4.69) is 5.32 Å². The number of benzene rings is 1. The summed E-state index contributed by atoms with van der Waals surface area (Å²) in [6.45, 7) is 0.0870. The van der Waals surface area contributed by atoms with Gasteiger partial charge in [0.05, 0.1) is 4.91 Å². The largest absolute Gasteiger partial charge is 0.481 e. The molecule has 0 aromatic heterocycles. The fourth-order valence-electron chi connectivity index (χ4n) is 2.00. The van der Waals surface area contributed by atoms with Crippen LogP contribution in [0.25, 0.3) is 6.08 Å². The van der Waals surface area contributed by atoms with Crippen molar-refractivity contribution in [2.45, 2.75) is 12.8 Å². The van der Waals surface area contributed by atoms with E-state index >= 15 is 0 Å². The molecule has 8 heteroatoms. The highest BCUT2D eigenvalue weighted by atomic mass is 32.2. The first kappa shape index (κ1) is 18.2. The number of rotatable bonds is 7. The van der Waals surface area contributed by atoms with Crippen molar-refractivity contribution in [3.8, 4) is 0 Å². The van der Waals surface area contributed by atoms with Gasteiger partial charge in [-0.05, 0) is 18.1 Å². The molecule has 0 spiro atoms. The van der Waals surface area contributed by atoms with Crippen molar-refractivity contribution in [1.29, 1.82) is 0 Å². The first-order valence-electron chi connectivity index (χ1n) is 7.26. The van der Waals surface area contributed by atoms with Crippen LogP contribution in [0.15, 0.2) is 35.2 Å². The van der Waals surface area contributed by atoms with Gasteiger partial charge < -0.3 is 10.4 Å². The Bertz CT molecular complexity index is 689. The first-order chi connectivity index (χ1) is 11.5. The molecule has 0 radical (unpaired) electrons. The van der Waals surface area contributed by atoms with Gasteiger partial charge in [-0.2, -0.15) is 0 Å². The normalized spacial score (nSPS) is 15.8. The molecule has 2 amide bonds. The Balaban J connectivity index is 1.91. The summed E-state index contributed by atoms with van der Waals surface area (Å²) in [5.41, 5.74) is 0.885. The van der Waals surface area contributed by atoms with Crippen molar-refractivity contribution >= 4 is 52.2 Å². The third kappa shape index (κ3) is 5.17. The van der Waals surface area contributed by atoms with Crippen LogP contribution in [0.4, 0.5) is 0 Å². The van der Waals surface area contributed by atoms with Gasteiger partial charge in [0.25, 0.3) is 5.91 Å². The van der Waals surface area contributed by atoms with Gasteiger partial charge in [-0.15, -0.1) is 0 Å². The van der Waals surface area contributed by atoms with E-state index in [-0.39, 0.29) is 31.3 Å². The van der Waals surface area contributed by atoms with Crippen LogP contribution in [0.1, 0.15) is 18.4 Å². The summed E-state index contributed by atoms with van der Waals surface area (Å²) in [5.74, 6) is -1.57. The number of hydrogen-bond acceptors (Lipinski definition) is 5. The maximum atomic E-state index is 12.4. The molecular weight excluding hydrogens is 348 g/mol. The zero-order valence-corrected chi connectivity index (χ0v) is 14.4. The Morgan fingerprint density at radius 3 is 2.67 bits per heavy atom. The van der Waals surface area contributed by atoms with Crippen molar-refractivity contribution in [3.63, 3.8) is 0 Å². The van der Waals surface area contributed by atoms with Crippen molar-refractivity contribution in [1.82, 2.24) is 10.2 Å². The number of nitrogens with one attached hydrogen (secondary N) is 1. The molecule has 6 nitrogen and oxygen atoms in total. The minimum Gasteiger partial charge on any atom is -0.481 e. The van der Waals surface area contributed by atoms with Gasteiger partial charge >= 0.3 is 5.97 Å². The molecule has 24 heavy (non-hydrogen) atoms. The summed E-state index contributed by atoms with van der Waals surface area (Å²) < 4.78 is 0.336. The molecule has 126 valence electrons. The summed E-state index contributed by atoms with van der Waals surface area (Å²) in [6, 6.07) is 9.38. The summed E-state index contributed by atoms with van der Waals surface area (Å²) in [6.07, 6.45) is 2.07. The second-order valence-electron chi connectivity index (χ2n) is 5.03. The van der Waals surface area contributed by atoms with Gasteiger partial charge in [-0.3, -0.25) is 19.3 Å². The van der Waals surface area contributed by atoms with Crippen molar-refractivity contribution in [2.24, 2.45) is 0 Å². The fourth-order valence-corrected chi connectivity index (χ4v) is 3.26. The zero-order chi connectivity index (χ0) is 17.5. The molecular formula is C16H16N2O4S2. The Morgan fingerprint density at radius 1 is 1.29 bits per heavy atom. The number of carboxylic acids is 1. The molecule has 0 bridgehead atoms. The molecule has 0 unspecified atom stereocenters. The third-order valence-corrected chi connectivity index (χ3v) is 4.54. The number of aliphatic carboxylic acids is 1. The smallest absolute Gasteiger partial charge is 0.303 e. The number of amides is 2. The lowest BCUT2D eigenvalue weighted by atomic mass is 10.2. The molecule has 1 saturated heterocycles. The van der Waals surface area contributed by atoms with Crippen LogP contribution in [0.3, 0.4) is 0 Å². The molecule has 1 heterocycles. The summed E-state index contributed by atoms with van der Waals surface area (Å²) in [5, 5.41) is 11.1. The van der Waals surface area contributed by atoms with Crippen molar-refractivity contribution in [3.05, 3.63) is 40.8 Å². The second kappa shape index (κ2) is 8.60. The van der Waals surface area contributed by atoms with Crippen LogP contribution in [0.5, 0.6) is 0 Å². The summed E-state index contributed by atoms with van der Waals surface area (Å²) in [7, 11) is 0. The highest BCUT2D eigenvalue weighted by molar-refractivity contribution is 8.26. The van der Waals surface area contributed by atoms with Gasteiger partial charge in [-0.1, -0.05) is 54.3 Å². The van der Waals surface area contributed by atoms with Crippen LogP contribution in [0.2, 0.25) is 0 Å². The number of carbonyl (C=O) groups excluding carboxylic acids is 2. The van der Waals surface area contributed by atoms with Gasteiger partial charge in [-0.25, -0.2) is 0 Å². The number of thiocarbonyl (C=S) groups is 1. The number of carboxylic acid groups (broad SMARTS) is 1. The topological polar surface area (TPSA) is 86.7 Å². The van der Waals surface area contributed by atoms with Crippen molar-refractivity contribution in [2.75, 3.05) is 13.1 Å². The van der Waals surface area contributed by atoms with E-state index in [1.165, 1.54) is 4.90 Å². The maximum absolute atomic E-state index is 12.4. The highest BCUT2D eigenvalue weighted by Crippen LogP contribution is 2.32. The quantitative estimate of drug-likeness (QED) is 0.436. The number of thioether (sulfide) groups is 1. The standard InChI is InChI=1S/C16H16N2O4S2/c19-13(17-8-4-7-14(20)21)10-18-15(22)12(24-16(18)23)9-11-5-2-1-3-6-11/h1-3,5-6,9H,4,7-8,10H2,(H,17,19)(H,20,21). The van der Waals surface area contributed by atoms with E-state index in [9.17, 15) is 14.4 Å². The van der Waals surface area contributed by atoms with E-state index in [0.29, 0.717) is 15.6 Å². The average molecular weight is 364 g/mol. The summed E-state index contributed by atoms with van der Waals surface area (Å²) >= 11 is 6.33. The molecule has 1 fully saturated rings. The third-order valence-electron chi connectivity index (χ3n) is 3.16. The minimum absolute atomic E-state index is 0.0127. The minimum atomic E-state index is -0.910. The van der Waals surface area contributed by atoms with E-state index < -0.39 is 5.97 Å². The Hall–Kier alpha value is -2.19. The Kier molecular flexibility index (Phi) is 6.51. The van der Waals surface area contributed by atoms with Gasteiger partial charge in [0.2, 0.25) is 5.91 Å². The maximum Gasteiger partial charge on any atom is 0.303 e. The predicted molar refractivity (Wildman–Crippen MR) is 96.2 cm³/mol. The van der Waals surface area contributed by atoms with Crippen LogP contribution in [-0.4, -0.2) is 45.2 Å². The molecule has 1 aromatic carbocycles. The van der Waals surface area contributed by atoms with Crippen LogP contribution in [-0.2, 0) is 14.4 Å². The lowest BCUT2D eigenvalue weighted by Crippen LogP contribution is -2.39. The second-order valence-corrected chi connectivity index (χ2v) is 6.70. The Morgan fingerprint density at radius 2 is 2.00 bits per heavy atom. The van der Waals surface area contributed by atoms with E-state index in [1.54, 1.807) is 6.08 Å². The molecule has 0 saturated carbocycles. The van der Waals surface area contributed by atoms with E-state index in [4.69, 9.17) is 17.3 Å². The molecule has 1 aliphatic heterocycles. The van der Waals surface area contributed by atoms with Crippen LogP contribution >= 0.6 is 24.0 Å². The zero-order valence-electron chi connectivity index (χ0n) is 12.7. The Labute approximate surface area is 148 Å². The average Bonchev–Trinajstić information content (AvgIpc) is 2.80. The molecule has 0 atom stereocenters. The first-order valence-corrected chi connectivity index (χ1v) is 8.49. The van der Waals surface area contributed by atoms with Gasteiger partial charge in [0.1, 0.15) is 10.9 Å². The predicted octanol–water partition coefficient (Wildman–Crippen LogP) is 1.87. The SMILES string of the molecule is O=C(O)CCCNC(=O)CN1C(=O)C(=Cc2ccccc2)SC1=S. The van der Waals surface area contributed by atoms with Gasteiger partial charge in [0, 0.05) is 13.0 Å². The van der Waals surface area contributed by atoms with Crippen LogP contribution < -0.4 is 5.32 Å². The highest BCUT2D eigenvalue weighted by Gasteiger charge is 2.33. The number of carbonyl (C=O) groups is 3. The molecule has 0 aliphatic carbocycles. The van der Waals surface area contributed by atoms with Crippen LogP contribution in [0, 0.1) is 0 Å². The summed E-state index contributed by atoms with van der Waals surface area (Å²) in [4.78, 5) is 36.4. The number of hydrogen-bond donors (Lipinski definition) is 2. The number of nitrogens with zero attached hydrogens (tertiary/aromatic N) is 1. The lowest BCUT2D eigenvalue weighted by Gasteiger charge is -2.13. The van der Waals surface area contributed by atoms with E-state index in [0.717, 1.165) is 17.3 Å². The molecule has 1 aromatic rings. The molecule has 2 rings (SSSR count). The van der Waals surface area contributed by atoms with Crippen molar-refractivity contribution < 1.29 is 19.5 Å². The molecule has 1 aliphatic rings.